The lowest BCUT2D eigenvalue weighted by molar-refractivity contribution is -0.118. The van der Waals surface area contributed by atoms with Crippen LogP contribution in [-0.4, -0.2) is 21.2 Å². The van der Waals surface area contributed by atoms with Gasteiger partial charge in [0.25, 0.3) is 0 Å². The van der Waals surface area contributed by atoms with Gasteiger partial charge in [-0.2, -0.15) is 0 Å². The first-order chi connectivity index (χ1) is 12.3. The molecule has 1 aromatic heterocycles. The third-order valence-corrected chi connectivity index (χ3v) is 4.86. The zero-order chi connectivity index (χ0) is 17.5. The quantitative estimate of drug-likeness (QED) is 0.655. The van der Waals surface area contributed by atoms with Crippen LogP contribution in [0.4, 0.5) is 0 Å². The number of benzene rings is 2. The van der Waals surface area contributed by atoms with Gasteiger partial charge >= 0.3 is 0 Å². The molecule has 3 aromatic rings. The van der Waals surface area contributed by atoms with Gasteiger partial charge in [0.05, 0.1) is 17.6 Å². The molecule has 1 amide bonds. The van der Waals surface area contributed by atoms with Gasteiger partial charge in [0.15, 0.2) is 5.16 Å². The maximum absolute atomic E-state index is 12.1. The molecule has 0 atom stereocenters. The van der Waals surface area contributed by atoms with Crippen LogP contribution in [0.25, 0.3) is 11.3 Å². The Balaban J connectivity index is 1.60. The second-order valence-electron chi connectivity index (χ2n) is 5.59. The van der Waals surface area contributed by atoms with Crippen LogP contribution in [0.3, 0.4) is 0 Å². The van der Waals surface area contributed by atoms with E-state index < -0.39 is 0 Å². The highest BCUT2D eigenvalue weighted by atomic mass is 32.2. The van der Waals surface area contributed by atoms with Crippen LogP contribution in [0.5, 0.6) is 0 Å². The van der Waals surface area contributed by atoms with Crippen molar-refractivity contribution in [2.24, 2.45) is 0 Å². The molecule has 1 heterocycles. The number of aromatic nitrogens is 2. The van der Waals surface area contributed by atoms with Gasteiger partial charge in [0.1, 0.15) is 0 Å². The molecule has 0 saturated carbocycles. The Hall–Kier alpha value is -2.53. The van der Waals surface area contributed by atoms with Gasteiger partial charge < -0.3 is 9.88 Å². The number of nitrogens with zero attached hydrogens (tertiary/aromatic N) is 2. The van der Waals surface area contributed by atoms with E-state index in [4.69, 9.17) is 0 Å². The van der Waals surface area contributed by atoms with Gasteiger partial charge in [0, 0.05) is 13.1 Å². The molecular weight excluding hydrogens is 330 g/mol. The summed E-state index contributed by atoms with van der Waals surface area (Å²) in [7, 11) is 0. The molecule has 0 saturated heterocycles. The van der Waals surface area contributed by atoms with E-state index in [0.29, 0.717) is 12.3 Å². The smallest absolute Gasteiger partial charge is 0.230 e. The fourth-order valence-corrected chi connectivity index (χ4v) is 3.47. The Morgan fingerprint density at radius 1 is 1.08 bits per heavy atom. The highest BCUT2D eigenvalue weighted by molar-refractivity contribution is 7.99. The largest absolute Gasteiger partial charge is 0.351 e. The molecule has 25 heavy (non-hydrogen) atoms. The van der Waals surface area contributed by atoms with E-state index in [1.807, 2.05) is 54.7 Å². The summed E-state index contributed by atoms with van der Waals surface area (Å²) in [6, 6.07) is 20.1. The predicted octanol–water partition coefficient (Wildman–Crippen LogP) is 3.98. The Morgan fingerprint density at radius 3 is 2.44 bits per heavy atom. The zero-order valence-corrected chi connectivity index (χ0v) is 15.0. The molecule has 0 fully saturated rings. The first-order valence-corrected chi connectivity index (χ1v) is 9.31. The van der Waals surface area contributed by atoms with Crippen LogP contribution in [0.2, 0.25) is 0 Å². The molecule has 128 valence electrons. The maximum Gasteiger partial charge on any atom is 0.230 e. The molecule has 2 aromatic carbocycles. The second kappa shape index (κ2) is 8.53. The number of nitrogens with one attached hydrogen (secondary N) is 1. The molecule has 5 heteroatoms. The van der Waals surface area contributed by atoms with Crippen LogP contribution < -0.4 is 5.32 Å². The average Bonchev–Trinajstić information content (AvgIpc) is 3.09. The fourth-order valence-electron chi connectivity index (χ4n) is 2.60. The van der Waals surface area contributed by atoms with Crippen molar-refractivity contribution >= 4 is 17.7 Å². The minimum absolute atomic E-state index is 0.0146. The molecule has 4 nitrogen and oxygen atoms in total. The van der Waals surface area contributed by atoms with Crippen LogP contribution in [-0.2, 0) is 17.9 Å². The standard InChI is InChI=1S/C20H21N3OS/c1-2-23-18(17-11-7-4-8-12-17)14-22-20(23)25-15-19(24)21-13-16-9-5-3-6-10-16/h3-12,14H,2,13,15H2,1H3,(H,21,24). The van der Waals surface area contributed by atoms with Crippen LogP contribution >= 0.6 is 11.8 Å². The van der Waals surface area contributed by atoms with Crippen molar-refractivity contribution in [2.75, 3.05) is 5.75 Å². The lowest BCUT2D eigenvalue weighted by Gasteiger charge is -2.09. The molecule has 0 bridgehead atoms. The van der Waals surface area contributed by atoms with Crippen molar-refractivity contribution in [3.8, 4) is 11.3 Å². The van der Waals surface area contributed by atoms with Gasteiger partial charge in [-0.3, -0.25) is 4.79 Å². The maximum atomic E-state index is 12.1. The summed E-state index contributed by atoms with van der Waals surface area (Å²) in [5.41, 5.74) is 3.31. The first-order valence-electron chi connectivity index (χ1n) is 8.32. The van der Waals surface area contributed by atoms with Gasteiger partial charge in [0.2, 0.25) is 5.91 Å². The number of imidazole rings is 1. The minimum atomic E-state index is 0.0146. The number of carbonyl (C=O) groups excluding carboxylic acids is 1. The highest BCUT2D eigenvalue weighted by Gasteiger charge is 2.12. The van der Waals surface area contributed by atoms with Crippen LogP contribution in [0.1, 0.15) is 12.5 Å². The first kappa shape index (κ1) is 17.3. The van der Waals surface area contributed by atoms with E-state index in [1.54, 1.807) is 0 Å². The van der Waals surface area contributed by atoms with Gasteiger partial charge in [-0.25, -0.2) is 4.98 Å². The van der Waals surface area contributed by atoms with Gasteiger partial charge in [-0.05, 0) is 18.1 Å². The third kappa shape index (κ3) is 4.51. The molecule has 0 aliphatic heterocycles. The average molecular weight is 351 g/mol. The van der Waals surface area contributed by atoms with E-state index in [-0.39, 0.29) is 5.91 Å². The Bertz CT molecular complexity index is 815. The summed E-state index contributed by atoms with van der Waals surface area (Å²) in [4.78, 5) is 16.6. The fraction of sp³-hybridized carbons (Fsp3) is 0.200. The van der Waals surface area contributed by atoms with Crippen molar-refractivity contribution in [1.82, 2.24) is 14.9 Å². The van der Waals surface area contributed by atoms with Crippen LogP contribution in [0, 0.1) is 0 Å². The van der Waals surface area contributed by atoms with E-state index in [9.17, 15) is 4.79 Å². The van der Waals surface area contributed by atoms with Crippen molar-refractivity contribution in [3.63, 3.8) is 0 Å². The predicted molar refractivity (Wildman–Crippen MR) is 102 cm³/mol. The number of hydrogen-bond donors (Lipinski definition) is 1. The Labute approximate surface area is 152 Å². The normalized spacial score (nSPS) is 10.6. The summed E-state index contributed by atoms with van der Waals surface area (Å²) >= 11 is 1.47. The summed E-state index contributed by atoms with van der Waals surface area (Å²) in [5, 5.41) is 3.82. The lowest BCUT2D eigenvalue weighted by atomic mass is 10.2. The van der Waals surface area contributed by atoms with Crippen molar-refractivity contribution in [2.45, 2.75) is 25.2 Å². The number of thioether (sulfide) groups is 1. The summed E-state index contributed by atoms with van der Waals surface area (Å²) in [6.45, 7) is 3.46. The summed E-state index contributed by atoms with van der Waals surface area (Å²) in [6.07, 6.45) is 1.88. The van der Waals surface area contributed by atoms with E-state index in [2.05, 4.69) is 33.9 Å². The monoisotopic (exact) mass is 351 g/mol. The van der Waals surface area contributed by atoms with Crippen molar-refractivity contribution in [3.05, 3.63) is 72.4 Å². The molecule has 0 aliphatic rings. The number of carbonyl (C=O) groups is 1. The van der Waals surface area contributed by atoms with Gasteiger partial charge in [-0.15, -0.1) is 0 Å². The molecule has 0 spiro atoms. The Morgan fingerprint density at radius 2 is 1.76 bits per heavy atom. The third-order valence-electron chi connectivity index (χ3n) is 3.87. The summed E-state index contributed by atoms with van der Waals surface area (Å²) in [5.74, 6) is 0.374. The van der Waals surface area contributed by atoms with Gasteiger partial charge in [-0.1, -0.05) is 72.4 Å². The van der Waals surface area contributed by atoms with Crippen molar-refractivity contribution in [1.29, 1.82) is 0 Å². The summed E-state index contributed by atoms with van der Waals surface area (Å²) < 4.78 is 2.14. The van der Waals surface area contributed by atoms with E-state index >= 15 is 0 Å². The van der Waals surface area contributed by atoms with Crippen LogP contribution in [0.15, 0.2) is 72.0 Å². The molecule has 0 aliphatic carbocycles. The SMILES string of the molecule is CCn1c(-c2ccccc2)cnc1SCC(=O)NCc1ccccc1. The number of amides is 1. The second-order valence-corrected chi connectivity index (χ2v) is 6.53. The molecule has 0 unspecified atom stereocenters. The van der Waals surface area contributed by atoms with E-state index in [1.165, 1.54) is 11.8 Å². The number of hydrogen-bond acceptors (Lipinski definition) is 3. The molecule has 0 radical (unpaired) electrons. The number of rotatable bonds is 7. The van der Waals surface area contributed by atoms with Crippen molar-refractivity contribution < 1.29 is 4.79 Å². The van der Waals surface area contributed by atoms with E-state index in [0.717, 1.165) is 28.5 Å². The zero-order valence-electron chi connectivity index (χ0n) is 14.2. The Kier molecular flexibility index (Phi) is 5.90. The molecular formula is C20H21N3OS. The topological polar surface area (TPSA) is 46.9 Å². The minimum Gasteiger partial charge on any atom is -0.351 e. The highest BCUT2D eigenvalue weighted by Crippen LogP contribution is 2.25. The molecule has 1 N–H and O–H groups in total. The lowest BCUT2D eigenvalue weighted by Crippen LogP contribution is -2.24. The molecule has 3 rings (SSSR count).